The molecule has 0 aliphatic heterocycles. The van der Waals surface area contributed by atoms with Crippen LogP contribution < -0.4 is 10.1 Å². The lowest BCUT2D eigenvalue weighted by Crippen LogP contribution is -2.23. The summed E-state index contributed by atoms with van der Waals surface area (Å²) in [5.41, 5.74) is 3.20. The second-order valence-corrected chi connectivity index (χ2v) is 7.07. The Morgan fingerprint density at radius 2 is 2.07 bits per heavy atom. The van der Waals surface area contributed by atoms with Gasteiger partial charge in [0.15, 0.2) is 5.65 Å². The van der Waals surface area contributed by atoms with E-state index in [-0.39, 0.29) is 5.91 Å². The Hall–Kier alpha value is -2.89. The fraction of sp³-hybridized carbons (Fsp3) is 0.381. The van der Waals surface area contributed by atoms with E-state index in [1.807, 2.05) is 41.9 Å². The highest BCUT2D eigenvalue weighted by Gasteiger charge is 2.22. The summed E-state index contributed by atoms with van der Waals surface area (Å²) < 4.78 is 7.36. The molecule has 2 aromatic heterocycles. The van der Waals surface area contributed by atoms with Gasteiger partial charge in [-0.2, -0.15) is 5.10 Å². The lowest BCUT2D eigenvalue weighted by atomic mass is 10.1. The van der Waals surface area contributed by atoms with E-state index in [1.165, 1.54) is 12.8 Å². The molecule has 0 atom stereocenters. The fourth-order valence-electron chi connectivity index (χ4n) is 3.87. The fourth-order valence-corrected chi connectivity index (χ4v) is 3.87. The van der Waals surface area contributed by atoms with Gasteiger partial charge in [0.25, 0.3) is 5.91 Å². The normalized spacial score (nSPS) is 14.6. The molecule has 1 N–H and O–H groups in total. The largest absolute Gasteiger partial charge is 0.496 e. The van der Waals surface area contributed by atoms with Crippen LogP contribution in [0.2, 0.25) is 0 Å². The van der Waals surface area contributed by atoms with Crippen LogP contribution in [-0.4, -0.2) is 27.8 Å². The molecule has 0 bridgehead atoms. The third kappa shape index (κ3) is 3.39. The van der Waals surface area contributed by atoms with E-state index < -0.39 is 0 Å². The first-order chi connectivity index (χ1) is 13.2. The van der Waals surface area contributed by atoms with Crippen molar-refractivity contribution in [1.82, 2.24) is 20.1 Å². The first kappa shape index (κ1) is 17.5. The summed E-state index contributed by atoms with van der Waals surface area (Å²) in [4.78, 5) is 17.6. The van der Waals surface area contributed by atoms with Gasteiger partial charge in [-0.1, -0.05) is 31.0 Å². The van der Waals surface area contributed by atoms with Crippen LogP contribution in [0.5, 0.6) is 5.75 Å². The minimum atomic E-state index is -0.123. The van der Waals surface area contributed by atoms with Gasteiger partial charge in [-0.15, -0.1) is 0 Å². The molecule has 0 unspecified atom stereocenters. The van der Waals surface area contributed by atoms with Gasteiger partial charge < -0.3 is 10.1 Å². The Balaban J connectivity index is 1.61. The van der Waals surface area contributed by atoms with Crippen molar-refractivity contribution in [3.63, 3.8) is 0 Å². The predicted octanol–water partition coefficient (Wildman–Crippen LogP) is 3.79. The number of amides is 1. The highest BCUT2D eigenvalue weighted by atomic mass is 16.5. The monoisotopic (exact) mass is 364 g/mol. The van der Waals surface area contributed by atoms with E-state index in [9.17, 15) is 4.79 Å². The van der Waals surface area contributed by atoms with E-state index in [0.717, 1.165) is 40.9 Å². The Bertz CT molecular complexity index is 973. The highest BCUT2D eigenvalue weighted by Crippen LogP contribution is 2.32. The molecular weight excluding hydrogens is 340 g/mol. The van der Waals surface area contributed by atoms with Gasteiger partial charge in [0.05, 0.1) is 30.3 Å². The summed E-state index contributed by atoms with van der Waals surface area (Å²) >= 11 is 0. The van der Waals surface area contributed by atoms with Gasteiger partial charge in [-0.3, -0.25) is 4.79 Å². The summed E-state index contributed by atoms with van der Waals surface area (Å²) in [5, 5.41) is 8.38. The molecule has 1 fully saturated rings. The number of aromatic nitrogens is 3. The number of hydrogen-bond acceptors (Lipinski definition) is 4. The smallest absolute Gasteiger partial charge is 0.252 e. The van der Waals surface area contributed by atoms with Crippen LogP contribution in [0, 0.1) is 6.92 Å². The molecule has 2 heterocycles. The van der Waals surface area contributed by atoms with Crippen molar-refractivity contribution in [2.75, 3.05) is 7.11 Å². The van der Waals surface area contributed by atoms with Gasteiger partial charge in [0.2, 0.25) is 0 Å². The number of pyridine rings is 1. The zero-order valence-electron chi connectivity index (χ0n) is 15.7. The lowest BCUT2D eigenvalue weighted by molar-refractivity contribution is 0.0952. The van der Waals surface area contributed by atoms with Crippen LogP contribution in [0.4, 0.5) is 0 Å². The first-order valence-corrected chi connectivity index (χ1v) is 9.42. The average molecular weight is 364 g/mol. The third-order valence-electron chi connectivity index (χ3n) is 5.24. The van der Waals surface area contributed by atoms with Crippen LogP contribution in [-0.2, 0) is 6.54 Å². The Labute approximate surface area is 158 Å². The molecule has 140 valence electrons. The number of nitrogens with one attached hydrogen (secondary N) is 1. The summed E-state index contributed by atoms with van der Waals surface area (Å²) in [5.74, 6) is 0.644. The van der Waals surface area contributed by atoms with E-state index in [4.69, 9.17) is 4.74 Å². The number of carbonyl (C=O) groups excluding carboxylic acids is 1. The van der Waals surface area contributed by atoms with Gasteiger partial charge >= 0.3 is 0 Å². The molecule has 6 nitrogen and oxygen atoms in total. The molecule has 4 rings (SSSR count). The van der Waals surface area contributed by atoms with Crippen LogP contribution in [0.1, 0.15) is 53.3 Å². The van der Waals surface area contributed by atoms with Gasteiger partial charge in [-0.05, 0) is 31.9 Å². The molecule has 0 saturated heterocycles. The lowest BCUT2D eigenvalue weighted by Gasteiger charge is -2.12. The Kier molecular flexibility index (Phi) is 4.79. The van der Waals surface area contributed by atoms with Crippen LogP contribution >= 0.6 is 0 Å². The summed E-state index contributed by atoms with van der Waals surface area (Å²) in [7, 11) is 1.63. The summed E-state index contributed by atoms with van der Waals surface area (Å²) in [6.07, 6.45) is 6.48. The molecule has 27 heavy (non-hydrogen) atoms. The van der Waals surface area contributed by atoms with Crippen molar-refractivity contribution < 1.29 is 9.53 Å². The number of hydrogen-bond donors (Lipinski definition) is 1. The number of aryl methyl sites for hydroxylation is 1. The van der Waals surface area contributed by atoms with E-state index in [2.05, 4.69) is 15.4 Å². The zero-order chi connectivity index (χ0) is 18.8. The maximum Gasteiger partial charge on any atom is 0.252 e. The van der Waals surface area contributed by atoms with Gasteiger partial charge in [0.1, 0.15) is 5.75 Å². The van der Waals surface area contributed by atoms with Crippen molar-refractivity contribution in [2.24, 2.45) is 0 Å². The number of para-hydroxylation sites is 1. The van der Waals surface area contributed by atoms with E-state index in [1.54, 1.807) is 13.3 Å². The summed E-state index contributed by atoms with van der Waals surface area (Å²) in [6.45, 7) is 2.32. The van der Waals surface area contributed by atoms with Crippen LogP contribution in [0.25, 0.3) is 11.0 Å². The number of fused-ring (bicyclic) bond motifs is 1. The SMILES string of the molecule is COc1ccccc1CNC(=O)c1cc(C)nc2c1cnn2C1CCCC1. The van der Waals surface area contributed by atoms with Crippen molar-refractivity contribution in [2.45, 2.75) is 45.2 Å². The number of benzene rings is 1. The average Bonchev–Trinajstić information content (AvgIpc) is 3.35. The van der Waals surface area contributed by atoms with Crippen LogP contribution in [0.3, 0.4) is 0 Å². The van der Waals surface area contributed by atoms with Gasteiger partial charge in [0, 0.05) is 17.8 Å². The minimum Gasteiger partial charge on any atom is -0.496 e. The second-order valence-electron chi connectivity index (χ2n) is 7.07. The van der Waals surface area contributed by atoms with Crippen molar-refractivity contribution in [3.05, 3.63) is 53.3 Å². The van der Waals surface area contributed by atoms with Crippen molar-refractivity contribution in [3.8, 4) is 5.75 Å². The molecule has 0 spiro atoms. The molecule has 1 aromatic carbocycles. The van der Waals surface area contributed by atoms with E-state index in [0.29, 0.717) is 18.2 Å². The number of carbonyl (C=O) groups is 1. The third-order valence-corrected chi connectivity index (χ3v) is 5.24. The number of nitrogens with zero attached hydrogens (tertiary/aromatic N) is 3. The Morgan fingerprint density at radius 3 is 2.85 bits per heavy atom. The molecule has 6 heteroatoms. The molecule has 1 saturated carbocycles. The van der Waals surface area contributed by atoms with Crippen molar-refractivity contribution >= 4 is 16.9 Å². The highest BCUT2D eigenvalue weighted by molar-refractivity contribution is 6.05. The van der Waals surface area contributed by atoms with Gasteiger partial charge in [-0.25, -0.2) is 9.67 Å². The molecular formula is C21H24N4O2. The van der Waals surface area contributed by atoms with Crippen LogP contribution in [0.15, 0.2) is 36.5 Å². The minimum absolute atomic E-state index is 0.123. The quantitative estimate of drug-likeness (QED) is 0.748. The zero-order valence-corrected chi connectivity index (χ0v) is 15.7. The number of ether oxygens (including phenoxy) is 1. The maximum absolute atomic E-state index is 12.9. The molecule has 3 aromatic rings. The number of rotatable bonds is 5. The first-order valence-electron chi connectivity index (χ1n) is 9.42. The topological polar surface area (TPSA) is 69.0 Å². The molecule has 1 aliphatic carbocycles. The standard InChI is InChI=1S/C21H24N4O2/c1-14-11-17(21(26)22-12-15-7-3-6-10-19(15)27-2)18-13-23-25(20(18)24-14)16-8-4-5-9-16/h3,6-7,10-11,13,16H,4-5,8-9,12H2,1-2H3,(H,22,26). The van der Waals surface area contributed by atoms with E-state index >= 15 is 0 Å². The molecule has 1 amide bonds. The van der Waals surface area contributed by atoms with Crippen molar-refractivity contribution in [1.29, 1.82) is 0 Å². The predicted molar refractivity (Wildman–Crippen MR) is 104 cm³/mol. The Morgan fingerprint density at radius 1 is 1.30 bits per heavy atom. The maximum atomic E-state index is 12.9. The molecule has 1 aliphatic rings. The molecule has 0 radical (unpaired) electrons. The second kappa shape index (κ2) is 7.39. The summed E-state index contributed by atoms with van der Waals surface area (Å²) in [6, 6.07) is 9.91. The number of methoxy groups -OCH3 is 1.